The number of benzene rings is 1. The van der Waals surface area contributed by atoms with Gasteiger partial charge in [-0.05, 0) is 38.3 Å². The van der Waals surface area contributed by atoms with Gasteiger partial charge in [0.05, 0.1) is 0 Å². The number of nitrogens with zero attached hydrogens (tertiary/aromatic N) is 1. The fourth-order valence-electron chi connectivity index (χ4n) is 3.51. The van der Waals surface area contributed by atoms with E-state index in [0.29, 0.717) is 18.6 Å². The van der Waals surface area contributed by atoms with Crippen LogP contribution in [0, 0.1) is 13.8 Å². The Morgan fingerprint density at radius 1 is 1.21 bits per heavy atom. The number of hydrogen-bond donors (Lipinski definition) is 1. The van der Waals surface area contributed by atoms with Crippen molar-refractivity contribution in [2.24, 2.45) is 0 Å². The van der Waals surface area contributed by atoms with Crippen LogP contribution in [0.25, 0.3) is 0 Å². The van der Waals surface area contributed by atoms with Crippen molar-refractivity contribution >= 4 is 17.9 Å². The van der Waals surface area contributed by atoms with Crippen LogP contribution in [0.2, 0.25) is 0 Å². The molecule has 0 unspecified atom stereocenters. The van der Waals surface area contributed by atoms with E-state index in [1.54, 1.807) is 6.07 Å². The van der Waals surface area contributed by atoms with Crippen LogP contribution < -0.4 is 10.1 Å². The third-order valence-electron chi connectivity index (χ3n) is 4.79. The number of esters is 1. The molecule has 3 amide bonds. The van der Waals surface area contributed by atoms with Crippen molar-refractivity contribution in [2.75, 3.05) is 6.54 Å². The van der Waals surface area contributed by atoms with Crippen LogP contribution in [0.15, 0.2) is 18.2 Å². The maximum Gasteiger partial charge on any atom is 0.331 e. The molecule has 6 heteroatoms. The van der Waals surface area contributed by atoms with Crippen LogP contribution in [-0.2, 0) is 9.59 Å². The summed E-state index contributed by atoms with van der Waals surface area (Å²) in [6.45, 7) is 3.44. The Hall–Kier alpha value is -2.37. The van der Waals surface area contributed by atoms with Gasteiger partial charge in [-0.1, -0.05) is 37.0 Å². The first-order chi connectivity index (χ1) is 11.4. The number of carbonyl (C=O) groups excluding carboxylic acids is 3. The summed E-state index contributed by atoms with van der Waals surface area (Å²) >= 11 is 0. The van der Waals surface area contributed by atoms with E-state index in [1.807, 2.05) is 26.0 Å². The van der Waals surface area contributed by atoms with Crippen LogP contribution in [-0.4, -0.2) is 34.9 Å². The normalized spacial score (nSPS) is 19.5. The Morgan fingerprint density at radius 2 is 1.92 bits per heavy atom. The summed E-state index contributed by atoms with van der Waals surface area (Å²) in [6.07, 6.45) is 4.17. The molecule has 1 saturated carbocycles. The number of amides is 3. The molecule has 2 aliphatic rings. The number of imide groups is 1. The zero-order valence-corrected chi connectivity index (χ0v) is 14.1. The molecule has 1 spiro atoms. The van der Waals surface area contributed by atoms with E-state index in [4.69, 9.17) is 4.74 Å². The van der Waals surface area contributed by atoms with Crippen molar-refractivity contribution in [1.82, 2.24) is 10.2 Å². The van der Waals surface area contributed by atoms with Crippen molar-refractivity contribution in [2.45, 2.75) is 51.5 Å². The standard InChI is InChI=1S/C18H22N2O4/c1-12-6-7-14(13(2)10-12)24-15(21)11-20-16(22)18(19-17(20)23)8-4-3-5-9-18/h6-7,10H,3-5,8-9,11H2,1-2H3,(H,19,23). The van der Waals surface area contributed by atoms with Crippen LogP contribution in [0.3, 0.4) is 0 Å². The van der Waals surface area contributed by atoms with E-state index in [-0.39, 0.29) is 12.5 Å². The minimum absolute atomic E-state index is 0.301. The smallest absolute Gasteiger partial charge is 0.331 e. The average Bonchev–Trinajstić information content (AvgIpc) is 2.75. The van der Waals surface area contributed by atoms with Gasteiger partial charge >= 0.3 is 12.0 Å². The fourth-order valence-corrected chi connectivity index (χ4v) is 3.51. The molecule has 1 saturated heterocycles. The topological polar surface area (TPSA) is 75.7 Å². The van der Waals surface area contributed by atoms with E-state index in [9.17, 15) is 14.4 Å². The van der Waals surface area contributed by atoms with Crippen LogP contribution in [0.4, 0.5) is 4.79 Å². The second kappa shape index (κ2) is 6.26. The number of hydrogen-bond acceptors (Lipinski definition) is 4. The maximum absolute atomic E-state index is 12.6. The average molecular weight is 330 g/mol. The summed E-state index contributed by atoms with van der Waals surface area (Å²) in [4.78, 5) is 37.9. The lowest BCUT2D eigenvalue weighted by molar-refractivity contribution is -0.141. The van der Waals surface area contributed by atoms with Crippen LogP contribution in [0.5, 0.6) is 5.75 Å². The fraction of sp³-hybridized carbons (Fsp3) is 0.500. The van der Waals surface area contributed by atoms with E-state index >= 15 is 0 Å². The monoisotopic (exact) mass is 330 g/mol. The van der Waals surface area contributed by atoms with E-state index in [1.165, 1.54) is 0 Å². The summed E-state index contributed by atoms with van der Waals surface area (Å²) in [5.74, 6) is -0.465. The largest absolute Gasteiger partial charge is 0.425 e. The number of carbonyl (C=O) groups is 3. The van der Waals surface area contributed by atoms with Crippen molar-refractivity contribution in [1.29, 1.82) is 0 Å². The number of urea groups is 1. The predicted octanol–water partition coefficient (Wildman–Crippen LogP) is 2.46. The third-order valence-corrected chi connectivity index (χ3v) is 4.79. The number of aryl methyl sites for hydroxylation is 2. The molecule has 0 bridgehead atoms. The molecule has 0 atom stereocenters. The molecular formula is C18H22N2O4. The summed E-state index contributed by atoms with van der Waals surface area (Å²) in [5.41, 5.74) is 1.10. The first kappa shape index (κ1) is 16.5. The van der Waals surface area contributed by atoms with Gasteiger partial charge in [0.1, 0.15) is 17.8 Å². The van der Waals surface area contributed by atoms with Crippen LogP contribution in [0.1, 0.15) is 43.2 Å². The van der Waals surface area contributed by atoms with E-state index in [0.717, 1.165) is 35.3 Å². The van der Waals surface area contributed by atoms with Gasteiger partial charge in [-0.15, -0.1) is 0 Å². The molecular weight excluding hydrogens is 308 g/mol. The quantitative estimate of drug-likeness (QED) is 0.525. The van der Waals surface area contributed by atoms with Gasteiger partial charge in [0, 0.05) is 0 Å². The second-order valence-electron chi connectivity index (χ2n) is 6.71. The molecule has 2 fully saturated rings. The molecule has 6 nitrogen and oxygen atoms in total. The highest BCUT2D eigenvalue weighted by Crippen LogP contribution is 2.33. The number of nitrogens with one attached hydrogen (secondary N) is 1. The molecule has 1 aliphatic carbocycles. The first-order valence-electron chi connectivity index (χ1n) is 8.33. The highest BCUT2D eigenvalue weighted by Gasteiger charge is 2.51. The Bertz CT molecular complexity index is 692. The molecule has 1 N–H and O–H groups in total. The van der Waals surface area contributed by atoms with E-state index in [2.05, 4.69) is 5.32 Å². The lowest BCUT2D eigenvalue weighted by atomic mass is 9.82. The van der Waals surface area contributed by atoms with Crippen molar-refractivity contribution in [3.63, 3.8) is 0 Å². The summed E-state index contributed by atoms with van der Waals surface area (Å²) in [6, 6.07) is 4.98. The SMILES string of the molecule is Cc1ccc(OC(=O)CN2C(=O)NC3(CCCCC3)C2=O)c(C)c1. The second-order valence-corrected chi connectivity index (χ2v) is 6.71. The van der Waals surface area contributed by atoms with Gasteiger partial charge in [-0.3, -0.25) is 9.69 Å². The summed E-state index contributed by atoms with van der Waals surface area (Å²) in [7, 11) is 0. The highest BCUT2D eigenvalue weighted by molar-refractivity contribution is 6.08. The van der Waals surface area contributed by atoms with Gasteiger partial charge in [-0.2, -0.15) is 0 Å². The molecule has 3 rings (SSSR count). The summed E-state index contributed by atoms with van der Waals surface area (Å²) in [5, 5.41) is 2.79. The number of ether oxygens (including phenoxy) is 1. The van der Waals surface area contributed by atoms with Crippen molar-refractivity contribution < 1.29 is 19.1 Å². The Kier molecular flexibility index (Phi) is 4.30. The first-order valence-corrected chi connectivity index (χ1v) is 8.33. The third kappa shape index (κ3) is 3.00. The molecule has 1 aromatic rings. The number of rotatable bonds is 3. The zero-order valence-electron chi connectivity index (χ0n) is 14.1. The van der Waals surface area contributed by atoms with Crippen molar-refractivity contribution in [3.8, 4) is 5.75 Å². The Labute approximate surface area is 141 Å². The van der Waals surface area contributed by atoms with Gasteiger partial charge < -0.3 is 10.1 Å². The van der Waals surface area contributed by atoms with Crippen LogP contribution >= 0.6 is 0 Å². The van der Waals surface area contributed by atoms with E-state index < -0.39 is 17.5 Å². The summed E-state index contributed by atoms with van der Waals surface area (Å²) < 4.78 is 5.32. The molecule has 1 aliphatic heterocycles. The highest BCUT2D eigenvalue weighted by atomic mass is 16.5. The molecule has 0 radical (unpaired) electrons. The minimum Gasteiger partial charge on any atom is -0.425 e. The molecule has 1 heterocycles. The van der Waals surface area contributed by atoms with Gasteiger partial charge in [0.2, 0.25) is 0 Å². The molecule has 1 aromatic carbocycles. The van der Waals surface area contributed by atoms with Gasteiger partial charge in [0.25, 0.3) is 5.91 Å². The lowest BCUT2D eigenvalue weighted by Gasteiger charge is -2.30. The Morgan fingerprint density at radius 3 is 2.58 bits per heavy atom. The maximum atomic E-state index is 12.6. The molecule has 128 valence electrons. The Balaban J connectivity index is 1.68. The molecule has 0 aromatic heterocycles. The predicted molar refractivity (Wildman–Crippen MR) is 87.6 cm³/mol. The van der Waals surface area contributed by atoms with Gasteiger partial charge in [-0.25, -0.2) is 9.59 Å². The van der Waals surface area contributed by atoms with Gasteiger partial charge in [0.15, 0.2) is 0 Å². The minimum atomic E-state index is -0.810. The lowest BCUT2D eigenvalue weighted by Crippen LogP contribution is -2.48. The molecule has 24 heavy (non-hydrogen) atoms. The zero-order chi connectivity index (χ0) is 17.3. The van der Waals surface area contributed by atoms with Crippen molar-refractivity contribution in [3.05, 3.63) is 29.3 Å².